The van der Waals surface area contributed by atoms with Crippen LogP contribution in [0.25, 0.3) is 0 Å². The summed E-state index contributed by atoms with van der Waals surface area (Å²) in [6.45, 7) is 4.74. The van der Waals surface area contributed by atoms with Crippen LogP contribution in [0.2, 0.25) is 0 Å². The van der Waals surface area contributed by atoms with E-state index in [2.05, 4.69) is 10.2 Å². The van der Waals surface area contributed by atoms with E-state index in [9.17, 15) is 4.79 Å². The molecule has 2 heterocycles. The Labute approximate surface area is 176 Å². The van der Waals surface area contributed by atoms with Gasteiger partial charge in [0.05, 0.1) is 6.61 Å². The van der Waals surface area contributed by atoms with Crippen molar-refractivity contribution >= 4 is 40.7 Å². The summed E-state index contributed by atoms with van der Waals surface area (Å²) in [5.41, 5.74) is 1.52. The van der Waals surface area contributed by atoms with Gasteiger partial charge in [0.15, 0.2) is 6.23 Å². The van der Waals surface area contributed by atoms with E-state index < -0.39 is 10.0 Å². The number of hydrogen-bond acceptors (Lipinski definition) is 3. The van der Waals surface area contributed by atoms with Crippen LogP contribution in [-0.2, 0) is 4.74 Å². The Morgan fingerprint density at radius 1 is 1.26 bits per heavy atom. The molecule has 0 saturated carbocycles. The molecule has 4 nitrogen and oxygen atoms in total. The number of aryl methyl sites for hydroxylation is 1. The van der Waals surface area contributed by atoms with Crippen molar-refractivity contribution in [2.24, 2.45) is 5.92 Å². The standard InChI is InChI=1S/C20H27Cl3N2O2/c1-14-6-4-7-15(12-14)18(26)24-19(20(21,22)23)27-13-16-8-5-11-25-10-3-2-9-17(16)25/h4,6-7,12,16-17,19H,2-3,5,8-11,13H2,1H3,(H,24,26). The smallest absolute Gasteiger partial charge is 0.253 e. The van der Waals surface area contributed by atoms with E-state index >= 15 is 0 Å². The molecule has 27 heavy (non-hydrogen) atoms. The van der Waals surface area contributed by atoms with Crippen LogP contribution in [0.5, 0.6) is 0 Å². The first-order valence-corrected chi connectivity index (χ1v) is 10.8. The van der Waals surface area contributed by atoms with Crippen molar-refractivity contribution in [3.8, 4) is 0 Å². The van der Waals surface area contributed by atoms with E-state index in [4.69, 9.17) is 39.5 Å². The number of carbonyl (C=O) groups is 1. The molecule has 0 spiro atoms. The van der Waals surface area contributed by atoms with Crippen LogP contribution in [-0.4, -0.2) is 46.6 Å². The summed E-state index contributed by atoms with van der Waals surface area (Å²) >= 11 is 18.3. The average molecular weight is 434 g/mol. The van der Waals surface area contributed by atoms with E-state index in [1.807, 2.05) is 19.1 Å². The minimum atomic E-state index is -1.74. The molecule has 0 aliphatic carbocycles. The Balaban J connectivity index is 1.62. The number of halogens is 3. The number of fused-ring (bicyclic) bond motifs is 1. The van der Waals surface area contributed by atoms with Crippen LogP contribution < -0.4 is 5.32 Å². The summed E-state index contributed by atoms with van der Waals surface area (Å²) in [7, 11) is 0. The largest absolute Gasteiger partial charge is 0.354 e. The first-order valence-electron chi connectivity index (χ1n) is 9.64. The lowest BCUT2D eigenvalue weighted by Crippen LogP contribution is -2.51. The maximum absolute atomic E-state index is 12.6. The molecular weight excluding hydrogens is 407 g/mol. The Kier molecular flexibility index (Phi) is 7.32. The van der Waals surface area contributed by atoms with Crippen molar-refractivity contribution in [1.82, 2.24) is 10.2 Å². The number of amides is 1. The molecule has 3 atom stereocenters. The monoisotopic (exact) mass is 432 g/mol. The molecule has 2 saturated heterocycles. The molecule has 3 unspecified atom stereocenters. The molecular formula is C20H27Cl3N2O2. The van der Waals surface area contributed by atoms with Crippen LogP contribution >= 0.6 is 34.8 Å². The van der Waals surface area contributed by atoms with Gasteiger partial charge in [-0.05, 0) is 63.7 Å². The van der Waals surface area contributed by atoms with E-state index in [1.54, 1.807) is 12.1 Å². The molecule has 2 aliphatic heterocycles. The lowest BCUT2D eigenvalue weighted by atomic mass is 9.84. The Hall–Kier alpha value is -0.520. The number of benzene rings is 1. The highest BCUT2D eigenvalue weighted by molar-refractivity contribution is 6.68. The van der Waals surface area contributed by atoms with E-state index in [-0.39, 0.29) is 5.91 Å². The van der Waals surface area contributed by atoms with Crippen LogP contribution in [0, 0.1) is 12.8 Å². The first-order chi connectivity index (χ1) is 12.8. The zero-order valence-corrected chi connectivity index (χ0v) is 17.9. The fraction of sp³-hybridized carbons (Fsp3) is 0.650. The summed E-state index contributed by atoms with van der Waals surface area (Å²) in [4.78, 5) is 15.1. The van der Waals surface area contributed by atoms with Gasteiger partial charge >= 0.3 is 0 Å². The number of rotatable bonds is 5. The minimum absolute atomic E-state index is 0.307. The summed E-state index contributed by atoms with van der Waals surface area (Å²) in [6.07, 6.45) is 5.01. The van der Waals surface area contributed by atoms with Gasteiger partial charge in [-0.15, -0.1) is 0 Å². The lowest BCUT2D eigenvalue weighted by molar-refractivity contribution is -0.0325. The van der Waals surface area contributed by atoms with Gasteiger partial charge in [-0.25, -0.2) is 0 Å². The quantitative estimate of drug-likeness (QED) is 0.540. The molecule has 3 rings (SSSR count). The van der Waals surface area contributed by atoms with Gasteiger partial charge in [-0.3, -0.25) is 4.79 Å². The fourth-order valence-electron chi connectivity index (χ4n) is 4.20. The molecule has 0 radical (unpaired) electrons. The third-order valence-corrected chi connectivity index (χ3v) is 6.14. The lowest BCUT2D eigenvalue weighted by Gasteiger charge is -2.44. The number of alkyl halides is 3. The summed E-state index contributed by atoms with van der Waals surface area (Å²) < 4.78 is 4.23. The van der Waals surface area contributed by atoms with Crippen molar-refractivity contribution in [1.29, 1.82) is 0 Å². The zero-order valence-electron chi connectivity index (χ0n) is 15.6. The van der Waals surface area contributed by atoms with E-state index in [0.29, 0.717) is 24.1 Å². The highest BCUT2D eigenvalue weighted by atomic mass is 35.6. The highest BCUT2D eigenvalue weighted by Gasteiger charge is 2.38. The summed E-state index contributed by atoms with van der Waals surface area (Å²) in [6, 6.07) is 7.83. The predicted molar refractivity (Wildman–Crippen MR) is 111 cm³/mol. The van der Waals surface area contributed by atoms with Gasteiger partial charge in [0, 0.05) is 11.6 Å². The first kappa shape index (κ1) is 21.2. The maximum Gasteiger partial charge on any atom is 0.253 e. The van der Waals surface area contributed by atoms with Gasteiger partial charge < -0.3 is 15.0 Å². The molecule has 1 aromatic rings. The van der Waals surface area contributed by atoms with Crippen molar-refractivity contribution in [2.75, 3.05) is 19.7 Å². The van der Waals surface area contributed by atoms with E-state index in [1.165, 1.54) is 38.8 Å². The molecule has 0 aromatic heterocycles. The Bertz CT molecular complexity index is 648. The second kappa shape index (κ2) is 9.32. The highest BCUT2D eigenvalue weighted by Crippen LogP contribution is 2.34. The second-order valence-electron chi connectivity index (χ2n) is 7.60. The number of piperidine rings is 2. The molecule has 2 fully saturated rings. The number of nitrogens with one attached hydrogen (secondary N) is 1. The summed E-state index contributed by atoms with van der Waals surface area (Å²) in [5, 5.41) is 2.74. The van der Waals surface area contributed by atoms with Gasteiger partial charge in [0.25, 0.3) is 5.91 Å². The molecule has 7 heteroatoms. The van der Waals surface area contributed by atoms with Crippen LogP contribution in [0.15, 0.2) is 24.3 Å². The van der Waals surface area contributed by atoms with Gasteiger partial charge in [0.2, 0.25) is 3.79 Å². The zero-order chi connectivity index (χ0) is 19.4. The SMILES string of the molecule is Cc1cccc(C(=O)NC(OCC2CCCN3CCCCC23)C(Cl)(Cl)Cl)c1. The van der Waals surface area contributed by atoms with Gasteiger partial charge in [-0.2, -0.15) is 0 Å². The Morgan fingerprint density at radius 3 is 2.78 bits per heavy atom. The maximum atomic E-state index is 12.6. The van der Waals surface area contributed by atoms with Crippen molar-refractivity contribution < 1.29 is 9.53 Å². The van der Waals surface area contributed by atoms with Crippen molar-refractivity contribution in [3.05, 3.63) is 35.4 Å². The second-order valence-corrected chi connectivity index (χ2v) is 9.97. The average Bonchev–Trinajstić information content (AvgIpc) is 2.64. The Morgan fingerprint density at radius 2 is 2.04 bits per heavy atom. The number of carbonyl (C=O) groups excluding carboxylic acids is 1. The molecule has 1 N–H and O–H groups in total. The van der Waals surface area contributed by atoms with Crippen molar-refractivity contribution in [3.63, 3.8) is 0 Å². The van der Waals surface area contributed by atoms with Gasteiger partial charge in [0.1, 0.15) is 0 Å². The van der Waals surface area contributed by atoms with E-state index in [0.717, 1.165) is 12.0 Å². The minimum Gasteiger partial charge on any atom is -0.354 e. The molecule has 0 bridgehead atoms. The van der Waals surface area contributed by atoms with Crippen molar-refractivity contribution in [2.45, 2.75) is 55.1 Å². The molecule has 2 aliphatic rings. The summed E-state index contributed by atoms with van der Waals surface area (Å²) in [5.74, 6) is 0.0998. The molecule has 150 valence electrons. The van der Waals surface area contributed by atoms with Crippen LogP contribution in [0.1, 0.15) is 48.0 Å². The number of nitrogens with zero attached hydrogens (tertiary/aromatic N) is 1. The topological polar surface area (TPSA) is 41.6 Å². The normalized spacial score (nSPS) is 24.9. The fourth-order valence-corrected chi connectivity index (χ4v) is 4.55. The van der Waals surface area contributed by atoms with Crippen LogP contribution in [0.4, 0.5) is 0 Å². The third-order valence-electron chi connectivity index (χ3n) is 5.55. The van der Waals surface area contributed by atoms with Gasteiger partial charge in [-0.1, -0.05) is 58.9 Å². The third kappa shape index (κ3) is 5.74. The molecule has 1 aromatic carbocycles. The van der Waals surface area contributed by atoms with Crippen LogP contribution in [0.3, 0.4) is 0 Å². The number of hydrogen-bond donors (Lipinski definition) is 1. The predicted octanol–water partition coefficient (Wildman–Crippen LogP) is 4.70. The number of ether oxygens (including phenoxy) is 1. The molecule has 1 amide bonds.